The van der Waals surface area contributed by atoms with Gasteiger partial charge in [0.15, 0.2) is 0 Å². The lowest BCUT2D eigenvalue weighted by molar-refractivity contribution is 0.0684. The summed E-state index contributed by atoms with van der Waals surface area (Å²) in [6.45, 7) is 3.86. The second kappa shape index (κ2) is 7.99. The van der Waals surface area contributed by atoms with Crippen LogP contribution in [0.5, 0.6) is 5.75 Å². The van der Waals surface area contributed by atoms with E-state index in [0.717, 1.165) is 22.3 Å². The molecule has 0 bridgehead atoms. The summed E-state index contributed by atoms with van der Waals surface area (Å²) in [7, 11) is 1.59. The molecule has 36 heavy (non-hydrogen) atoms. The first kappa shape index (κ1) is 21.9. The maximum Gasteiger partial charge on any atom is 0.374 e. The molecule has 1 unspecified atom stereocenters. The number of ether oxygens (including phenoxy) is 1. The molecule has 0 saturated carbocycles. The first-order valence-electron chi connectivity index (χ1n) is 11.2. The summed E-state index contributed by atoms with van der Waals surface area (Å²) in [4.78, 5) is 33.6. The van der Waals surface area contributed by atoms with Crippen molar-refractivity contribution in [2.45, 2.75) is 19.9 Å². The van der Waals surface area contributed by atoms with Crippen molar-refractivity contribution in [2.75, 3.05) is 7.11 Å². The fraction of sp³-hybridized carbons (Fsp3) is 0.154. The zero-order valence-corrected chi connectivity index (χ0v) is 19.5. The number of carbonyl (C=O) groups is 1. The van der Waals surface area contributed by atoms with Crippen LogP contribution in [0.3, 0.4) is 0 Å². The Kier molecular flexibility index (Phi) is 4.87. The van der Waals surface area contributed by atoms with Crippen LogP contribution in [0.2, 0.25) is 0 Å². The number of methoxy groups -OCH3 is 1. The van der Waals surface area contributed by atoms with Crippen molar-refractivity contribution in [3.8, 4) is 17.0 Å². The van der Waals surface area contributed by atoms with Gasteiger partial charge in [-0.3, -0.25) is 4.98 Å². The number of halogens is 1. The molecule has 9 nitrogen and oxygen atoms in total. The molecular formula is C26H20FN5O4. The lowest BCUT2D eigenvalue weighted by atomic mass is 9.96. The predicted molar refractivity (Wildman–Crippen MR) is 132 cm³/mol. The maximum absolute atomic E-state index is 14.2. The van der Waals surface area contributed by atoms with Crippen LogP contribution in [0, 0.1) is 5.82 Å². The summed E-state index contributed by atoms with van der Waals surface area (Å²) >= 11 is 0. The molecule has 0 fully saturated rings. The van der Waals surface area contributed by atoms with Crippen molar-refractivity contribution in [1.29, 1.82) is 0 Å². The quantitative estimate of drug-likeness (QED) is 0.331. The van der Waals surface area contributed by atoms with E-state index in [-0.39, 0.29) is 11.9 Å². The van der Waals surface area contributed by atoms with Gasteiger partial charge in [-0.2, -0.15) is 0 Å². The Balaban J connectivity index is 1.72. The van der Waals surface area contributed by atoms with E-state index >= 15 is 0 Å². The standard InChI is InChI=1S/C26H20FN5O4/c1-11-21(12(2)36-32-11)17-9-19-16(10-20(17)35-3)22-23(30-25(26(33)34)31-24(22)29-19)14-6-7-28-18-5-4-13(27)8-15(14)18/h4-11,32H,1-3H3,(H,33,34)(H,29,30,31). The predicted octanol–water partition coefficient (Wildman–Crippen LogP) is 4.83. The molecule has 2 aromatic carbocycles. The largest absolute Gasteiger partial charge is 0.496 e. The molecule has 6 rings (SSSR count). The number of carboxylic acids is 1. The van der Waals surface area contributed by atoms with E-state index in [0.29, 0.717) is 44.5 Å². The molecule has 1 aliphatic rings. The van der Waals surface area contributed by atoms with Crippen LogP contribution in [0.15, 0.2) is 48.4 Å². The number of carboxylic acid groups (broad SMARTS) is 1. The van der Waals surface area contributed by atoms with Crippen LogP contribution in [-0.2, 0) is 4.84 Å². The van der Waals surface area contributed by atoms with Gasteiger partial charge >= 0.3 is 5.97 Å². The van der Waals surface area contributed by atoms with E-state index < -0.39 is 11.8 Å². The van der Waals surface area contributed by atoms with Gasteiger partial charge in [0, 0.05) is 39.2 Å². The lowest BCUT2D eigenvalue weighted by Crippen LogP contribution is -2.19. The Bertz CT molecular complexity index is 1760. The van der Waals surface area contributed by atoms with Crippen molar-refractivity contribution in [1.82, 2.24) is 25.4 Å². The zero-order valence-electron chi connectivity index (χ0n) is 19.5. The second-order valence-electron chi connectivity index (χ2n) is 8.58. The van der Waals surface area contributed by atoms with Gasteiger partial charge in [-0.05, 0) is 50.2 Å². The summed E-state index contributed by atoms with van der Waals surface area (Å²) < 4.78 is 20.0. The van der Waals surface area contributed by atoms with Gasteiger partial charge < -0.3 is 19.7 Å². The van der Waals surface area contributed by atoms with Crippen LogP contribution < -0.4 is 10.2 Å². The molecule has 180 valence electrons. The highest BCUT2D eigenvalue weighted by atomic mass is 19.1. The molecule has 0 aliphatic carbocycles. The minimum absolute atomic E-state index is 0.0622. The molecule has 0 amide bonds. The molecule has 10 heteroatoms. The number of fused-ring (bicyclic) bond motifs is 4. The number of aromatic amines is 1. The van der Waals surface area contributed by atoms with E-state index in [1.807, 2.05) is 26.0 Å². The molecule has 0 spiro atoms. The summed E-state index contributed by atoms with van der Waals surface area (Å²) in [6.07, 6.45) is 1.58. The Morgan fingerprint density at radius 3 is 2.69 bits per heavy atom. The number of pyridine rings is 1. The lowest BCUT2D eigenvalue weighted by Gasteiger charge is -2.13. The topological polar surface area (TPSA) is 122 Å². The summed E-state index contributed by atoms with van der Waals surface area (Å²) in [5, 5.41) is 11.6. The highest BCUT2D eigenvalue weighted by molar-refractivity contribution is 6.15. The van der Waals surface area contributed by atoms with Crippen molar-refractivity contribution >= 4 is 44.4 Å². The van der Waals surface area contributed by atoms with Gasteiger partial charge in [0.1, 0.15) is 23.0 Å². The highest BCUT2D eigenvalue weighted by Crippen LogP contribution is 2.41. The molecule has 1 atom stereocenters. The van der Waals surface area contributed by atoms with Crippen molar-refractivity contribution in [3.05, 3.63) is 65.6 Å². The smallest absolute Gasteiger partial charge is 0.374 e. The third kappa shape index (κ3) is 3.26. The molecule has 5 aromatic rings. The molecule has 3 N–H and O–H groups in total. The number of H-pyrrole nitrogens is 1. The van der Waals surface area contributed by atoms with Gasteiger partial charge in [0.2, 0.25) is 5.82 Å². The summed E-state index contributed by atoms with van der Waals surface area (Å²) in [5.41, 5.74) is 7.23. The van der Waals surface area contributed by atoms with Crippen LogP contribution in [0.25, 0.3) is 49.7 Å². The number of allylic oxidation sites excluding steroid dienone is 1. The molecule has 3 aromatic heterocycles. The Morgan fingerprint density at radius 2 is 1.97 bits per heavy atom. The molecular weight excluding hydrogens is 465 g/mol. The average molecular weight is 485 g/mol. The van der Waals surface area contributed by atoms with Gasteiger partial charge in [0.05, 0.1) is 29.7 Å². The minimum Gasteiger partial charge on any atom is -0.496 e. The number of nitrogens with one attached hydrogen (secondary N) is 2. The summed E-state index contributed by atoms with van der Waals surface area (Å²) in [5.74, 6) is -0.747. The SMILES string of the molecule is COc1cc2c(cc1C1=C(C)ONC1C)[nH]c1nc(C(=O)O)nc(-c3ccnc4ccc(F)cc34)c12. The Labute approximate surface area is 203 Å². The zero-order chi connectivity index (χ0) is 25.1. The van der Waals surface area contributed by atoms with Crippen LogP contribution in [0.1, 0.15) is 30.0 Å². The Hall–Kier alpha value is -4.57. The van der Waals surface area contributed by atoms with Gasteiger partial charge in [-0.15, -0.1) is 5.48 Å². The number of rotatable bonds is 4. The number of hydroxylamine groups is 1. The van der Waals surface area contributed by atoms with Crippen molar-refractivity contribution < 1.29 is 23.9 Å². The fourth-order valence-electron chi connectivity index (χ4n) is 4.84. The normalized spacial score (nSPS) is 15.7. The number of aromatic nitrogens is 4. The second-order valence-corrected chi connectivity index (χ2v) is 8.58. The maximum atomic E-state index is 14.2. The van der Waals surface area contributed by atoms with E-state index in [2.05, 4.69) is 25.4 Å². The van der Waals surface area contributed by atoms with E-state index in [1.165, 1.54) is 12.1 Å². The third-order valence-corrected chi connectivity index (χ3v) is 6.41. The monoisotopic (exact) mass is 485 g/mol. The third-order valence-electron chi connectivity index (χ3n) is 6.41. The number of aromatic carboxylic acids is 1. The van der Waals surface area contributed by atoms with Gasteiger partial charge in [-0.1, -0.05) is 0 Å². The van der Waals surface area contributed by atoms with Crippen molar-refractivity contribution in [3.63, 3.8) is 0 Å². The first-order chi connectivity index (χ1) is 17.4. The molecule has 0 radical (unpaired) electrons. The van der Waals surface area contributed by atoms with Crippen molar-refractivity contribution in [2.24, 2.45) is 0 Å². The van der Waals surface area contributed by atoms with E-state index in [4.69, 9.17) is 9.57 Å². The fourth-order valence-corrected chi connectivity index (χ4v) is 4.84. The number of benzene rings is 2. The molecule has 0 saturated heterocycles. The first-order valence-corrected chi connectivity index (χ1v) is 11.2. The highest BCUT2D eigenvalue weighted by Gasteiger charge is 2.27. The van der Waals surface area contributed by atoms with Crippen LogP contribution in [0.4, 0.5) is 4.39 Å². The number of hydrogen-bond acceptors (Lipinski definition) is 7. The van der Waals surface area contributed by atoms with Gasteiger partial charge in [0.25, 0.3) is 0 Å². The molecule has 4 heterocycles. The average Bonchev–Trinajstić information content (AvgIpc) is 3.40. The van der Waals surface area contributed by atoms with Gasteiger partial charge in [-0.25, -0.2) is 19.2 Å². The minimum atomic E-state index is -1.27. The number of hydrogen-bond donors (Lipinski definition) is 3. The molecule has 1 aliphatic heterocycles. The Morgan fingerprint density at radius 1 is 1.14 bits per heavy atom. The van der Waals surface area contributed by atoms with Crippen LogP contribution in [-0.4, -0.2) is 44.2 Å². The van der Waals surface area contributed by atoms with Crippen LogP contribution >= 0.6 is 0 Å². The van der Waals surface area contributed by atoms with E-state index in [1.54, 1.807) is 25.4 Å². The van der Waals surface area contributed by atoms with E-state index in [9.17, 15) is 14.3 Å². The number of nitrogens with zero attached hydrogens (tertiary/aromatic N) is 3. The summed E-state index contributed by atoms with van der Waals surface area (Å²) in [6, 6.07) is 9.69.